The molecule has 1 heterocycles. The van der Waals surface area contributed by atoms with E-state index in [1.165, 1.54) is 0 Å². The lowest BCUT2D eigenvalue weighted by Crippen LogP contribution is -2.55. The molecule has 9 nitrogen and oxygen atoms in total. The van der Waals surface area contributed by atoms with Crippen LogP contribution in [-0.4, -0.2) is 83.0 Å². The number of hydrogen-bond acceptors (Lipinski definition) is 6. The molecule has 9 heteroatoms. The molecule has 0 aliphatic carbocycles. The summed E-state index contributed by atoms with van der Waals surface area (Å²) in [6, 6.07) is -1.09. The molecule has 0 unspecified atom stereocenters. The van der Waals surface area contributed by atoms with Crippen molar-refractivity contribution in [1.82, 2.24) is 15.1 Å². The van der Waals surface area contributed by atoms with E-state index in [-0.39, 0.29) is 12.6 Å². The van der Waals surface area contributed by atoms with Crippen LogP contribution in [0, 0.1) is 0 Å². The summed E-state index contributed by atoms with van der Waals surface area (Å²) in [4.78, 5) is 38.8. The van der Waals surface area contributed by atoms with Crippen molar-refractivity contribution in [3.05, 3.63) is 0 Å². The third-order valence-corrected chi connectivity index (χ3v) is 3.45. The molecule has 0 spiro atoms. The van der Waals surface area contributed by atoms with E-state index in [2.05, 4.69) is 5.32 Å². The van der Waals surface area contributed by atoms with Gasteiger partial charge in [-0.1, -0.05) is 0 Å². The monoisotopic (exact) mass is 373 g/mol. The number of piperazine rings is 1. The summed E-state index contributed by atoms with van der Waals surface area (Å²) in [7, 11) is 0. The Morgan fingerprint density at radius 3 is 1.88 bits per heavy atom. The summed E-state index contributed by atoms with van der Waals surface area (Å²) < 4.78 is 10.4. The predicted octanol–water partition coefficient (Wildman–Crippen LogP) is 1.52. The normalized spacial score (nSPS) is 17.4. The highest BCUT2D eigenvalue weighted by molar-refractivity contribution is 5.80. The largest absolute Gasteiger partial charge is 0.480 e. The van der Waals surface area contributed by atoms with Crippen molar-refractivity contribution in [3.8, 4) is 0 Å². The molecule has 0 aromatic heterocycles. The highest BCUT2D eigenvalue weighted by Gasteiger charge is 2.30. The van der Waals surface area contributed by atoms with Crippen LogP contribution in [0.25, 0.3) is 0 Å². The molecule has 26 heavy (non-hydrogen) atoms. The quantitative estimate of drug-likeness (QED) is 0.769. The van der Waals surface area contributed by atoms with Gasteiger partial charge in [0.25, 0.3) is 0 Å². The molecule has 0 aromatic rings. The fourth-order valence-electron chi connectivity index (χ4n) is 2.33. The van der Waals surface area contributed by atoms with E-state index in [0.29, 0.717) is 26.2 Å². The zero-order valence-electron chi connectivity index (χ0n) is 16.5. The fraction of sp³-hybridized carbons (Fsp3) is 0.824. The van der Waals surface area contributed by atoms with Crippen LogP contribution in [-0.2, 0) is 14.3 Å². The van der Waals surface area contributed by atoms with Crippen LogP contribution in [0.15, 0.2) is 0 Å². The predicted molar refractivity (Wildman–Crippen MR) is 95.0 cm³/mol. The van der Waals surface area contributed by atoms with Crippen LogP contribution in [0.3, 0.4) is 0 Å². The zero-order valence-corrected chi connectivity index (χ0v) is 16.5. The van der Waals surface area contributed by atoms with Crippen molar-refractivity contribution in [1.29, 1.82) is 0 Å². The Kier molecular flexibility index (Phi) is 7.25. The van der Waals surface area contributed by atoms with Gasteiger partial charge < -0.3 is 24.8 Å². The Hall–Kier alpha value is -2.03. The molecule has 1 saturated heterocycles. The Morgan fingerprint density at radius 2 is 1.46 bits per heavy atom. The number of ether oxygens (including phenoxy) is 2. The number of rotatable bonds is 4. The number of alkyl carbamates (subject to hydrolysis) is 1. The van der Waals surface area contributed by atoms with E-state index >= 15 is 0 Å². The standard InChI is InChI=1S/C17H31N3O6/c1-16(2,3)25-14(23)18-12(13(21)22)11-19-7-9-20(10-8-19)15(24)26-17(4,5)6/h12H,7-11H2,1-6H3,(H,18,23)(H,21,22)/t12-/m0/s1. The Balaban J connectivity index is 2.51. The van der Waals surface area contributed by atoms with Gasteiger partial charge in [0.05, 0.1) is 0 Å². The van der Waals surface area contributed by atoms with Crippen molar-refractivity contribution in [2.45, 2.75) is 58.8 Å². The number of hydrogen-bond donors (Lipinski definition) is 2. The molecule has 0 aromatic carbocycles. The molecule has 0 bridgehead atoms. The molecule has 1 aliphatic heterocycles. The van der Waals surface area contributed by atoms with Crippen molar-refractivity contribution >= 4 is 18.2 Å². The highest BCUT2D eigenvalue weighted by atomic mass is 16.6. The van der Waals surface area contributed by atoms with Crippen LogP contribution in [0.2, 0.25) is 0 Å². The first-order valence-corrected chi connectivity index (χ1v) is 8.69. The lowest BCUT2D eigenvalue weighted by atomic mass is 10.2. The second kappa shape index (κ2) is 8.57. The van der Waals surface area contributed by atoms with Gasteiger partial charge in [0, 0.05) is 32.7 Å². The summed E-state index contributed by atoms with van der Waals surface area (Å²) >= 11 is 0. The van der Waals surface area contributed by atoms with E-state index in [9.17, 15) is 19.5 Å². The minimum Gasteiger partial charge on any atom is -0.480 e. The minimum absolute atomic E-state index is 0.136. The first-order valence-electron chi connectivity index (χ1n) is 8.69. The van der Waals surface area contributed by atoms with Crippen LogP contribution in [0.4, 0.5) is 9.59 Å². The summed E-state index contributed by atoms with van der Waals surface area (Å²) in [6.07, 6.45) is -1.14. The van der Waals surface area contributed by atoms with Crippen molar-refractivity contribution < 1.29 is 29.0 Å². The number of aliphatic carboxylic acids is 1. The van der Waals surface area contributed by atoms with Crippen LogP contribution in [0.5, 0.6) is 0 Å². The van der Waals surface area contributed by atoms with E-state index < -0.39 is 29.3 Å². The SMILES string of the molecule is CC(C)(C)OC(=O)N[C@@H](CN1CCN(C(=O)OC(C)(C)C)CC1)C(=O)O. The summed E-state index contributed by atoms with van der Waals surface area (Å²) in [5, 5.41) is 11.7. The second-order valence-corrected chi connectivity index (χ2v) is 8.31. The third-order valence-electron chi connectivity index (χ3n) is 3.45. The average Bonchev–Trinajstić information content (AvgIpc) is 2.43. The number of carboxylic acids is 1. The van der Waals surface area contributed by atoms with Crippen molar-refractivity contribution in [2.75, 3.05) is 32.7 Å². The lowest BCUT2D eigenvalue weighted by molar-refractivity contribution is -0.140. The molecule has 1 aliphatic rings. The van der Waals surface area contributed by atoms with Gasteiger partial charge in [0.1, 0.15) is 17.2 Å². The number of amides is 2. The number of carbonyl (C=O) groups is 3. The molecule has 1 fully saturated rings. The molecule has 2 N–H and O–H groups in total. The smallest absolute Gasteiger partial charge is 0.410 e. The van der Waals surface area contributed by atoms with Crippen molar-refractivity contribution in [2.24, 2.45) is 0 Å². The number of nitrogens with zero attached hydrogens (tertiary/aromatic N) is 2. The highest BCUT2D eigenvalue weighted by Crippen LogP contribution is 2.12. The third kappa shape index (κ3) is 8.37. The van der Waals surface area contributed by atoms with E-state index in [4.69, 9.17) is 9.47 Å². The van der Waals surface area contributed by atoms with E-state index in [1.807, 2.05) is 4.90 Å². The van der Waals surface area contributed by atoms with Gasteiger partial charge in [-0.15, -0.1) is 0 Å². The maximum absolute atomic E-state index is 12.0. The molecule has 1 atom stereocenters. The van der Waals surface area contributed by atoms with Gasteiger partial charge in [-0.05, 0) is 41.5 Å². The Morgan fingerprint density at radius 1 is 0.962 bits per heavy atom. The van der Waals surface area contributed by atoms with E-state index in [1.54, 1.807) is 46.4 Å². The molecule has 0 saturated carbocycles. The lowest BCUT2D eigenvalue weighted by Gasteiger charge is -2.36. The molecule has 150 valence electrons. The first kappa shape index (κ1) is 22.0. The van der Waals surface area contributed by atoms with Gasteiger partial charge in [-0.3, -0.25) is 4.90 Å². The van der Waals surface area contributed by atoms with Gasteiger partial charge in [0.2, 0.25) is 0 Å². The van der Waals surface area contributed by atoms with Crippen LogP contribution in [0.1, 0.15) is 41.5 Å². The fourth-order valence-corrected chi connectivity index (χ4v) is 2.33. The second-order valence-electron chi connectivity index (χ2n) is 8.31. The minimum atomic E-state index is -1.13. The maximum Gasteiger partial charge on any atom is 0.410 e. The Bertz CT molecular complexity index is 516. The molecule has 1 rings (SSSR count). The first-order chi connectivity index (χ1) is 11.8. The average molecular weight is 373 g/mol. The molecule has 0 radical (unpaired) electrons. The van der Waals surface area contributed by atoms with E-state index in [0.717, 1.165) is 0 Å². The maximum atomic E-state index is 12.0. The topological polar surface area (TPSA) is 108 Å². The van der Waals surface area contributed by atoms with Crippen molar-refractivity contribution in [3.63, 3.8) is 0 Å². The van der Waals surface area contributed by atoms with Crippen LogP contribution >= 0.6 is 0 Å². The van der Waals surface area contributed by atoms with Gasteiger partial charge in [-0.25, -0.2) is 14.4 Å². The van der Waals surface area contributed by atoms with Gasteiger partial charge in [-0.2, -0.15) is 0 Å². The molecule has 2 amide bonds. The number of carbonyl (C=O) groups excluding carboxylic acids is 2. The summed E-state index contributed by atoms with van der Waals surface area (Å²) in [5.74, 6) is -1.13. The number of nitrogens with one attached hydrogen (secondary N) is 1. The molecular formula is C17H31N3O6. The number of carboxylic acid groups (broad SMARTS) is 1. The molecular weight excluding hydrogens is 342 g/mol. The van der Waals surface area contributed by atoms with Gasteiger partial charge in [0.15, 0.2) is 0 Å². The Labute approximate surface area is 154 Å². The summed E-state index contributed by atoms with van der Waals surface area (Å²) in [6.45, 7) is 12.5. The summed E-state index contributed by atoms with van der Waals surface area (Å²) in [5.41, 5.74) is -1.26. The van der Waals surface area contributed by atoms with Gasteiger partial charge >= 0.3 is 18.2 Å². The zero-order chi connectivity index (χ0) is 20.1. The van der Waals surface area contributed by atoms with Crippen LogP contribution < -0.4 is 5.32 Å².